The number of anilines is 2. The van der Waals surface area contributed by atoms with Gasteiger partial charge in [0.15, 0.2) is 0 Å². The van der Waals surface area contributed by atoms with Crippen LogP contribution >= 0.6 is 0 Å². The Morgan fingerprint density at radius 3 is 1.76 bits per heavy atom. The molecule has 1 N–H and O–H groups in total. The molecule has 5 nitrogen and oxygen atoms in total. The number of alkyl halides is 6. The van der Waals surface area contributed by atoms with Gasteiger partial charge in [-0.2, -0.15) is 26.3 Å². The van der Waals surface area contributed by atoms with E-state index in [0.717, 1.165) is 11.1 Å². The van der Waals surface area contributed by atoms with Crippen LogP contribution in [-0.2, 0) is 21.9 Å². The highest BCUT2D eigenvalue weighted by Gasteiger charge is 2.38. The lowest BCUT2D eigenvalue weighted by Crippen LogP contribution is -2.45. The number of nitrogens with zero attached hydrogens (tertiary/aromatic N) is 2. The first-order valence-electron chi connectivity index (χ1n) is 12.0. The number of carbonyl (C=O) groups is 2. The Labute approximate surface area is 218 Å². The van der Waals surface area contributed by atoms with Crippen LogP contribution < -0.4 is 10.2 Å². The van der Waals surface area contributed by atoms with E-state index >= 15 is 0 Å². The first-order valence-corrected chi connectivity index (χ1v) is 12.0. The molecule has 2 amide bonds. The molecule has 2 aromatic carbocycles. The monoisotopic (exact) mass is 545 g/mol. The van der Waals surface area contributed by atoms with Gasteiger partial charge >= 0.3 is 12.4 Å². The van der Waals surface area contributed by atoms with Gasteiger partial charge < -0.3 is 15.1 Å². The molecular weight excluding hydrogens is 512 g/mol. The highest BCUT2D eigenvalue weighted by atomic mass is 19.4. The minimum absolute atomic E-state index is 0.00861. The van der Waals surface area contributed by atoms with Gasteiger partial charge in [-0.3, -0.25) is 9.59 Å². The minimum atomic E-state index is -5.06. The topological polar surface area (TPSA) is 52.7 Å². The van der Waals surface area contributed by atoms with Gasteiger partial charge in [-0.1, -0.05) is 25.1 Å². The smallest absolute Gasteiger partial charge is 0.326 e. The molecule has 2 atom stereocenters. The van der Waals surface area contributed by atoms with E-state index in [1.165, 1.54) is 11.8 Å². The quantitative estimate of drug-likeness (QED) is 0.384. The fraction of sp³-hybridized carbons (Fsp3) is 0.481. The standard InChI is InChI=1S/C27H33F6N3O2/c1-15(2)35(6)14-22(18(5)25(38)36(7)23-16(3)9-8-10-17(23)4)24(37)34-21-12-19(26(28,29)30)11-20(13-21)27(31,32)33/h8-13,15,18,22H,14H2,1-7H3,(H,34,37). The van der Waals surface area contributed by atoms with Crippen LogP contribution in [0.4, 0.5) is 37.7 Å². The van der Waals surface area contributed by atoms with E-state index in [9.17, 15) is 35.9 Å². The molecule has 0 heterocycles. The van der Waals surface area contributed by atoms with Crippen molar-refractivity contribution >= 4 is 23.2 Å². The number of amides is 2. The third kappa shape index (κ3) is 7.49. The van der Waals surface area contributed by atoms with Crippen molar-refractivity contribution in [3.05, 3.63) is 58.7 Å². The van der Waals surface area contributed by atoms with Crippen molar-refractivity contribution in [1.82, 2.24) is 4.90 Å². The number of para-hydroxylation sites is 1. The average molecular weight is 546 g/mol. The van der Waals surface area contributed by atoms with Gasteiger partial charge in [-0.05, 0) is 64.1 Å². The van der Waals surface area contributed by atoms with Crippen molar-refractivity contribution in [2.45, 2.75) is 53.0 Å². The molecule has 2 rings (SSSR count). The molecule has 0 bridgehead atoms. The van der Waals surface area contributed by atoms with E-state index < -0.39 is 52.8 Å². The summed E-state index contributed by atoms with van der Waals surface area (Å²) in [6.07, 6.45) is -10.1. The number of benzene rings is 2. The summed E-state index contributed by atoms with van der Waals surface area (Å²) in [7, 11) is 3.28. The Morgan fingerprint density at radius 1 is 0.868 bits per heavy atom. The highest BCUT2D eigenvalue weighted by molar-refractivity contribution is 6.01. The van der Waals surface area contributed by atoms with Crippen molar-refractivity contribution in [2.24, 2.45) is 11.8 Å². The summed E-state index contributed by atoms with van der Waals surface area (Å²) in [5.41, 5.74) is -1.42. The lowest BCUT2D eigenvalue weighted by molar-refractivity contribution is -0.143. The molecule has 0 saturated heterocycles. The highest BCUT2D eigenvalue weighted by Crippen LogP contribution is 2.38. The van der Waals surface area contributed by atoms with Crippen LogP contribution in [0, 0.1) is 25.7 Å². The molecule has 0 radical (unpaired) electrons. The first-order chi connectivity index (χ1) is 17.3. The molecule has 0 aliphatic heterocycles. The fourth-order valence-electron chi connectivity index (χ4n) is 4.17. The second kappa shape index (κ2) is 11.8. The lowest BCUT2D eigenvalue weighted by atomic mass is 9.90. The number of rotatable bonds is 8. The molecule has 2 aromatic rings. The number of aryl methyl sites for hydroxylation is 2. The third-order valence-electron chi connectivity index (χ3n) is 6.66. The van der Waals surface area contributed by atoms with E-state index in [2.05, 4.69) is 5.32 Å². The summed E-state index contributed by atoms with van der Waals surface area (Å²) in [5.74, 6) is -3.31. The molecule has 11 heteroatoms. The average Bonchev–Trinajstić information content (AvgIpc) is 2.79. The number of nitrogens with one attached hydrogen (secondary N) is 1. The zero-order valence-corrected chi connectivity index (χ0v) is 22.4. The van der Waals surface area contributed by atoms with Crippen LogP contribution in [0.5, 0.6) is 0 Å². The molecule has 0 fully saturated rings. The Kier molecular flexibility index (Phi) is 9.63. The molecule has 0 spiro atoms. The third-order valence-corrected chi connectivity index (χ3v) is 6.66. The summed E-state index contributed by atoms with van der Waals surface area (Å²) in [6, 6.07) is 6.35. The molecule has 0 aromatic heterocycles. The summed E-state index contributed by atoms with van der Waals surface area (Å²) >= 11 is 0. The van der Waals surface area contributed by atoms with Gasteiger partial charge in [-0.15, -0.1) is 0 Å². The van der Waals surface area contributed by atoms with E-state index in [0.29, 0.717) is 17.8 Å². The molecule has 210 valence electrons. The zero-order valence-electron chi connectivity index (χ0n) is 22.4. The molecule has 2 unspecified atom stereocenters. The molecular formula is C27H33F6N3O2. The van der Waals surface area contributed by atoms with E-state index in [-0.39, 0.29) is 18.7 Å². The lowest BCUT2D eigenvalue weighted by Gasteiger charge is -2.32. The van der Waals surface area contributed by atoms with Gasteiger partial charge in [0, 0.05) is 36.9 Å². The van der Waals surface area contributed by atoms with Gasteiger partial charge in [0.05, 0.1) is 17.0 Å². The largest absolute Gasteiger partial charge is 0.416 e. The maximum atomic E-state index is 13.5. The maximum absolute atomic E-state index is 13.5. The molecule has 0 aliphatic rings. The Bertz CT molecular complexity index is 1110. The Balaban J connectivity index is 2.47. The second-order valence-corrected chi connectivity index (χ2v) is 9.85. The number of halogens is 6. The second-order valence-electron chi connectivity index (χ2n) is 9.85. The molecule has 38 heavy (non-hydrogen) atoms. The predicted molar refractivity (Wildman–Crippen MR) is 135 cm³/mol. The van der Waals surface area contributed by atoms with Crippen LogP contribution in [0.1, 0.15) is 43.0 Å². The molecule has 0 saturated carbocycles. The van der Waals surface area contributed by atoms with E-state index in [1.807, 2.05) is 45.9 Å². The summed E-state index contributed by atoms with van der Waals surface area (Å²) in [4.78, 5) is 30.1. The number of carbonyl (C=O) groups excluding carboxylic acids is 2. The van der Waals surface area contributed by atoms with Gasteiger partial charge in [0.2, 0.25) is 11.8 Å². The number of hydrogen-bond acceptors (Lipinski definition) is 3. The maximum Gasteiger partial charge on any atom is 0.416 e. The number of hydrogen-bond donors (Lipinski definition) is 1. The SMILES string of the molecule is Cc1cccc(C)c1N(C)C(=O)C(C)C(CN(C)C(C)C)C(=O)Nc1cc(C(F)(F)F)cc(C(F)(F)F)c1. The van der Waals surface area contributed by atoms with Crippen LogP contribution in [0.3, 0.4) is 0 Å². The predicted octanol–water partition coefficient (Wildman–Crippen LogP) is 6.54. The van der Waals surface area contributed by atoms with Gasteiger partial charge in [0.1, 0.15) is 0 Å². The summed E-state index contributed by atoms with van der Waals surface area (Å²) in [6.45, 7) is 8.94. The summed E-state index contributed by atoms with van der Waals surface area (Å²) < 4.78 is 79.8. The minimum Gasteiger partial charge on any atom is -0.326 e. The Morgan fingerprint density at radius 2 is 1.34 bits per heavy atom. The van der Waals surface area contributed by atoms with Crippen LogP contribution in [0.15, 0.2) is 36.4 Å². The van der Waals surface area contributed by atoms with E-state index in [1.54, 1.807) is 19.0 Å². The summed E-state index contributed by atoms with van der Waals surface area (Å²) in [5, 5.41) is 2.21. The van der Waals surface area contributed by atoms with Crippen molar-refractivity contribution < 1.29 is 35.9 Å². The van der Waals surface area contributed by atoms with Crippen molar-refractivity contribution in [3.8, 4) is 0 Å². The normalized spacial score (nSPS) is 14.0. The van der Waals surface area contributed by atoms with Gasteiger partial charge in [0.25, 0.3) is 0 Å². The zero-order chi connectivity index (χ0) is 29.2. The first kappa shape index (κ1) is 31.1. The van der Waals surface area contributed by atoms with Crippen LogP contribution in [-0.4, -0.2) is 43.4 Å². The van der Waals surface area contributed by atoms with E-state index in [4.69, 9.17) is 0 Å². The van der Waals surface area contributed by atoms with Crippen molar-refractivity contribution in [3.63, 3.8) is 0 Å². The van der Waals surface area contributed by atoms with Crippen molar-refractivity contribution in [1.29, 1.82) is 0 Å². The van der Waals surface area contributed by atoms with Gasteiger partial charge in [-0.25, -0.2) is 0 Å². The van der Waals surface area contributed by atoms with Crippen LogP contribution in [0.2, 0.25) is 0 Å². The van der Waals surface area contributed by atoms with Crippen LogP contribution in [0.25, 0.3) is 0 Å². The Hall–Kier alpha value is -3.08. The van der Waals surface area contributed by atoms with Crippen molar-refractivity contribution in [2.75, 3.05) is 30.9 Å². The fourth-order valence-corrected chi connectivity index (χ4v) is 4.17. The molecule has 0 aliphatic carbocycles.